The number of phenolic OH excluding ortho intramolecular Hbond substituents is 1. The topological polar surface area (TPSA) is 94.2 Å². The van der Waals surface area contributed by atoms with Crippen LogP contribution in [-0.2, 0) is 4.79 Å². The Labute approximate surface area is 156 Å². The molecule has 138 valence electrons. The number of phenols is 1. The van der Waals surface area contributed by atoms with Crippen LogP contribution < -0.4 is 10.6 Å². The van der Waals surface area contributed by atoms with Crippen molar-refractivity contribution in [3.05, 3.63) is 65.9 Å². The third-order valence-corrected chi connectivity index (χ3v) is 3.97. The molecule has 0 bridgehead atoms. The van der Waals surface area contributed by atoms with E-state index in [9.17, 15) is 14.7 Å². The van der Waals surface area contributed by atoms with Gasteiger partial charge >= 0.3 is 0 Å². The maximum absolute atomic E-state index is 12.2. The number of aromatic hydroxyl groups is 1. The summed E-state index contributed by atoms with van der Waals surface area (Å²) in [7, 11) is 0. The van der Waals surface area contributed by atoms with E-state index in [1.54, 1.807) is 6.08 Å². The quantitative estimate of drug-likeness (QED) is 0.411. The predicted molar refractivity (Wildman–Crippen MR) is 107 cm³/mol. The number of amides is 2. The molecule has 3 aromatic rings. The van der Waals surface area contributed by atoms with Gasteiger partial charge in [0.25, 0.3) is 5.91 Å². The van der Waals surface area contributed by atoms with E-state index in [0.717, 1.165) is 16.5 Å². The standard InChI is InChI=1S/C21H21N3O3/c1-13(2)23-21(27)14-7-9-19(25)18(11-14)24-20(26)10-8-15-12-22-17-6-4-3-5-16(15)17/h3-13,22,25H,1-2H3,(H,23,27)(H,24,26)/b10-8+. The number of aromatic nitrogens is 1. The Morgan fingerprint density at radius 1 is 1.15 bits per heavy atom. The Balaban J connectivity index is 1.74. The van der Waals surface area contributed by atoms with Crippen LogP contribution in [0.2, 0.25) is 0 Å². The number of H-pyrrole nitrogens is 1. The molecule has 0 radical (unpaired) electrons. The van der Waals surface area contributed by atoms with Gasteiger partial charge in [-0.1, -0.05) is 18.2 Å². The lowest BCUT2D eigenvalue weighted by atomic mass is 10.1. The molecule has 0 aliphatic carbocycles. The van der Waals surface area contributed by atoms with Gasteiger partial charge in [-0.15, -0.1) is 0 Å². The van der Waals surface area contributed by atoms with E-state index in [2.05, 4.69) is 15.6 Å². The molecule has 0 atom stereocenters. The molecule has 4 N–H and O–H groups in total. The van der Waals surface area contributed by atoms with Gasteiger partial charge in [-0.25, -0.2) is 0 Å². The molecule has 0 saturated heterocycles. The number of aromatic amines is 1. The van der Waals surface area contributed by atoms with Gasteiger partial charge in [0.05, 0.1) is 5.69 Å². The Kier molecular flexibility index (Phi) is 5.26. The highest BCUT2D eigenvalue weighted by Crippen LogP contribution is 2.24. The lowest BCUT2D eigenvalue weighted by Crippen LogP contribution is -2.30. The third kappa shape index (κ3) is 4.36. The summed E-state index contributed by atoms with van der Waals surface area (Å²) in [4.78, 5) is 27.5. The van der Waals surface area contributed by atoms with Crippen LogP contribution in [0.4, 0.5) is 5.69 Å². The first kappa shape index (κ1) is 18.3. The fourth-order valence-electron chi connectivity index (χ4n) is 2.69. The van der Waals surface area contributed by atoms with Crippen molar-refractivity contribution in [2.75, 3.05) is 5.32 Å². The average Bonchev–Trinajstić information content (AvgIpc) is 3.04. The van der Waals surface area contributed by atoms with Crippen LogP contribution in [0.25, 0.3) is 17.0 Å². The van der Waals surface area contributed by atoms with Crippen LogP contribution in [0.1, 0.15) is 29.8 Å². The fraction of sp³-hybridized carbons (Fsp3) is 0.143. The molecule has 0 spiro atoms. The molecule has 0 unspecified atom stereocenters. The summed E-state index contributed by atoms with van der Waals surface area (Å²) in [6, 6.07) is 12.1. The molecule has 2 amide bonds. The minimum atomic E-state index is -0.406. The highest BCUT2D eigenvalue weighted by atomic mass is 16.3. The molecule has 3 rings (SSSR count). The van der Waals surface area contributed by atoms with E-state index in [1.807, 2.05) is 44.3 Å². The van der Waals surface area contributed by atoms with Gasteiger partial charge in [-0.05, 0) is 49.8 Å². The summed E-state index contributed by atoms with van der Waals surface area (Å²) < 4.78 is 0. The number of nitrogens with one attached hydrogen (secondary N) is 3. The van der Waals surface area contributed by atoms with E-state index in [-0.39, 0.29) is 23.4 Å². The number of rotatable bonds is 5. The summed E-state index contributed by atoms with van der Waals surface area (Å²) in [6.45, 7) is 3.72. The first-order valence-corrected chi connectivity index (χ1v) is 8.63. The molecule has 1 heterocycles. The molecule has 0 fully saturated rings. The Bertz CT molecular complexity index is 1020. The summed E-state index contributed by atoms with van der Waals surface area (Å²) in [5.74, 6) is -0.781. The van der Waals surface area contributed by atoms with Crippen LogP contribution >= 0.6 is 0 Å². The van der Waals surface area contributed by atoms with E-state index < -0.39 is 5.91 Å². The molecule has 0 aliphatic rings. The van der Waals surface area contributed by atoms with Crippen LogP contribution in [0.5, 0.6) is 5.75 Å². The normalized spacial score (nSPS) is 11.2. The number of hydrogen-bond acceptors (Lipinski definition) is 3. The molecule has 27 heavy (non-hydrogen) atoms. The third-order valence-electron chi connectivity index (χ3n) is 3.97. The van der Waals surface area contributed by atoms with Crippen molar-refractivity contribution < 1.29 is 14.7 Å². The van der Waals surface area contributed by atoms with E-state index in [0.29, 0.717) is 5.56 Å². The maximum Gasteiger partial charge on any atom is 0.251 e. The second kappa shape index (κ2) is 7.78. The van der Waals surface area contributed by atoms with E-state index in [1.165, 1.54) is 24.3 Å². The van der Waals surface area contributed by atoms with E-state index in [4.69, 9.17) is 0 Å². The van der Waals surface area contributed by atoms with Gasteiger partial charge in [0, 0.05) is 34.8 Å². The van der Waals surface area contributed by atoms with Crippen molar-refractivity contribution in [2.45, 2.75) is 19.9 Å². The van der Waals surface area contributed by atoms with Crippen molar-refractivity contribution in [1.29, 1.82) is 0 Å². The van der Waals surface area contributed by atoms with Crippen molar-refractivity contribution in [1.82, 2.24) is 10.3 Å². The predicted octanol–water partition coefficient (Wildman–Crippen LogP) is 3.66. The SMILES string of the molecule is CC(C)NC(=O)c1ccc(O)c(NC(=O)/C=C/c2c[nH]c3ccccc23)c1. The Hall–Kier alpha value is -3.54. The Morgan fingerprint density at radius 3 is 2.70 bits per heavy atom. The van der Waals surface area contributed by atoms with Gasteiger partial charge in [0.2, 0.25) is 5.91 Å². The largest absolute Gasteiger partial charge is 0.506 e. The molecule has 0 aliphatic heterocycles. The number of hydrogen-bond donors (Lipinski definition) is 4. The minimum Gasteiger partial charge on any atom is -0.506 e. The van der Waals surface area contributed by atoms with Gasteiger partial charge in [-0.2, -0.15) is 0 Å². The van der Waals surface area contributed by atoms with Gasteiger partial charge in [0.15, 0.2) is 0 Å². The van der Waals surface area contributed by atoms with Crippen LogP contribution in [0, 0.1) is 0 Å². The second-order valence-electron chi connectivity index (χ2n) is 6.47. The summed E-state index contributed by atoms with van der Waals surface area (Å²) in [6.07, 6.45) is 4.90. The van der Waals surface area contributed by atoms with Crippen molar-refractivity contribution in [3.8, 4) is 5.75 Å². The average molecular weight is 363 g/mol. The zero-order valence-electron chi connectivity index (χ0n) is 15.1. The smallest absolute Gasteiger partial charge is 0.251 e. The zero-order valence-corrected chi connectivity index (χ0v) is 15.1. The molecule has 2 aromatic carbocycles. The summed E-state index contributed by atoms with van der Waals surface area (Å²) in [5, 5.41) is 16.3. The molecular formula is C21H21N3O3. The molecule has 6 heteroatoms. The number of carbonyl (C=O) groups excluding carboxylic acids is 2. The van der Waals surface area contributed by atoms with Crippen LogP contribution in [-0.4, -0.2) is 27.9 Å². The molecule has 6 nitrogen and oxygen atoms in total. The second-order valence-corrected chi connectivity index (χ2v) is 6.47. The highest BCUT2D eigenvalue weighted by Gasteiger charge is 2.11. The maximum atomic E-state index is 12.2. The minimum absolute atomic E-state index is 0.0107. The first-order chi connectivity index (χ1) is 12.9. The van der Waals surface area contributed by atoms with Gasteiger partial charge < -0.3 is 20.7 Å². The van der Waals surface area contributed by atoms with Crippen molar-refractivity contribution in [3.63, 3.8) is 0 Å². The lowest BCUT2D eigenvalue weighted by Gasteiger charge is -2.11. The molecular weight excluding hydrogens is 342 g/mol. The fourth-order valence-corrected chi connectivity index (χ4v) is 2.69. The highest BCUT2D eigenvalue weighted by molar-refractivity contribution is 6.05. The number of anilines is 1. The van der Waals surface area contributed by atoms with Crippen LogP contribution in [0.15, 0.2) is 54.7 Å². The van der Waals surface area contributed by atoms with Crippen molar-refractivity contribution >= 4 is 34.5 Å². The number of carbonyl (C=O) groups is 2. The summed E-state index contributed by atoms with van der Waals surface area (Å²) >= 11 is 0. The van der Waals surface area contributed by atoms with Gasteiger partial charge in [-0.3, -0.25) is 9.59 Å². The van der Waals surface area contributed by atoms with E-state index >= 15 is 0 Å². The number of para-hydroxylation sites is 1. The Morgan fingerprint density at radius 2 is 1.93 bits per heavy atom. The monoisotopic (exact) mass is 363 g/mol. The first-order valence-electron chi connectivity index (χ1n) is 8.63. The van der Waals surface area contributed by atoms with Gasteiger partial charge in [0.1, 0.15) is 5.75 Å². The van der Waals surface area contributed by atoms with Crippen molar-refractivity contribution in [2.24, 2.45) is 0 Å². The molecule has 0 saturated carbocycles. The summed E-state index contributed by atoms with van der Waals surface area (Å²) in [5.41, 5.74) is 2.41. The van der Waals surface area contributed by atoms with Crippen LogP contribution in [0.3, 0.4) is 0 Å². The number of fused-ring (bicyclic) bond motifs is 1. The molecule has 1 aromatic heterocycles. The number of benzene rings is 2. The zero-order chi connectivity index (χ0) is 19.4. The lowest BCUT2D eigenvalue weighted by molar-refractivity contribution is -0.111.